The summed E-state index contributed by atoms with van der Waals surface area (Å²) in [4.78, 5) is 0. The fourth-order valence-corrected chi connectivity index (χ4v) is 2.32. The Hall–Kier alpha value is -2.38. The lowest BCUT2D eigenvalue weighted by Crippen LogP contribution is -2.45. The predicted octanol–water partition coefficient (Wildman–Crippen LogP) is 3.45. The topological polar surface area (TPSA) is 57.3 Å². The van der Waals surface area contributed by atoms with E-state index in [0.29, 0.717) is 10.2 Å². The molecule has 0 bridgehead atoms. The Kier molecular flexibility index (Phi) is 6.77. The molecule has 24 heavy (non-hydrogen) atoms. The first-order valence-corrected chi connectivity index (χ1v) is 8.29. The number of ether oxygens (including phenoxy) is 1. The van der Waals surface area contributed by atoms with Gasteiger partial charge in [0, 0.05) is 11.4 Å². The number of hydrogen-bond acceptors (Lipinski definition) is 3. The summed E-state index contributed by atoms with van der Waals surface area (Å²) in [7, 11) is 1.63. The Morgan fingerprint density at radius 3 is 2.12 bits per heavy atom. The van der Waals surface area contributed by atoms with Crippen LogP contribution in [0.4, 0.5) is 11.4 Å². The molecular weight excluding hydrogens is 340 g/mol. The van der Waals surface area contributed by atoms with Gasteiger partial charge in [0.05, 0.1) is 7.11 Å². The summed E-state index contributed by atoms with van der Waals surface area (Å²) in [6.07, 6.45) is 0.976. The van der Waals surface area contributed by atoms with E-state index in [2.05, 4.69) is 40.5 Å². The smallest absolute Gasteiger partial charge is 0.189 e. The fourth-order valence-electron chi connectivity index (χ4n) is 1.98. The van der Waals surface area contributed by atoms with E-state index in [4.69, 9.17) is 29.2 Å². The summed E-state index contributed by atoms with van der Waals surface area (Å²) in [6, 6.07) is 15.5. The minimum absolute atomic E-state index is 0.409. The average Bonchev–Trinajstić information content (AvgIpc) is 2.61. The van der Waals surface area contributed by atoms with Crippen molar-refractivity contribution in [2.45, 2.75) is 13.3 Å². The van der Waals surface area contributed by atoms with Crippen LogP contribution < -0.4 is 26.2 Å². The maximum absolute atomic E-state index is 5.24. The van der Waals surface area contributed by atoms with Crippen LogP contribution in [0.2, 0.25) is 0 Å². The van der Waals surface area contributed by atoms with Crippen molar-refractivity contribution in [3.8, 4) is 5.75 Å². The third-order valence-corrected chi connectivity index (χ3v) is 3.64. The standard InChI is InChI=1S/C17H20N4OS2/c1-3-12-5-4-6-14(11-12)19-17(24)21-20-16(23)18-13-7-9-15(22-2)10-8-13/h4-11H,3H2,1-2H3,(H2,18,20,23)(H2,19,21,24). The molecule has 4 N–H and O–H groups in total. The fraction of sp³-hybridized carbons (Fsp3) is 0.176. The van der Waals surface area contributed by atoms with Gasteiger partial charge in [-0.1, -0.05) is 19.1 Å². The van der Waals surface area contributed by atoms with Crippen LogP contribution in [0.5, 0.6) is 5.75 Å². The lowest BCUT2D eigenvalue weighted by Gasteiger charge is -2.14. The van der Waals surface area contributed by atoms with Crippen LogP contribution in [0.15, 0.2) is 48.5 Å². The van der Waals surface area contributed by atoms with Crippen LogP contribution in [-0.2, 0) is 6.42 Å². The first-order valence-electron chi connectivity index (χ1n) is 7.47. The van der Waals surface area contributed by atoms with Crippen molar-refractivity contribution in [2.24, 2.45) is 0 Å². The second-order valence-corrected chi connectivity index (χ2v) is 5.76. The number of anilines is 2. The molecule has 0 atom stereocenters. The summed E-state index contributed by atoms with van der Waals surface area (Å²) >= 11 is 10.5. The highest BCUT2D eigenvalue weighted by Crippen LogP contribution is 2.14. The summed E-state index contributed by atoms with van der Waals surface area (Å²) in [5.74, 6) is 0.789. The highest BCUT2D eigenvalue weighted by atomic mass is 32.1. The second kappa shape index (κ2) is 9.05. The Balaban J connectivity index is 1.78. The van der Waals surface area contributed by atoms with Gasteiger partial charge >= 0.3 is 0 Å². The maximum Gasteiger partial charge on any atom is 0.189 e. The molecule has 0 saturated carbocycles. The number of benzene rings is 2. The van der Waals surface area contributed by atoms with Gasteiger partial charge in [-0.3, -0.25) is 10.9 Å². The van der Waals surface area contributed by atoms with E-state index in [9.17, 15) is 0 Å². The van der Waals surface area contributed by atoms with Gasteiger partial charge in [-0.25, -0.2) is 0 Å². The molecule has 0 aliphatic heterocycles. The van der Waals surface area contributed by atoms with E-state index >= 15 is 0 Å². The molecule has 0 aromatic heterocycles. The SMILES string of the molecule is CCc1cccc(NC(=S)NNC(=S)Nc2ccc(OC)cc2)c1. The quantitative estimate of drug-likeness (QED) is 0.492. The normalized spacial score (nSPS) is 9.75. The van der Waals surface area contributed by atoms with Gasteiger partial charge in [-0.2, -0.15) is 0 Å². The molecule has 7 heteroatoms. The summed E-state index contributed by atoms with van der Waals surface area (Å²) in [6.45, 7) is 2.11. The monoisotopic (exact) mass is 360 g/mol. The zero-order chi connectivity index (χ0) is 17.4. The van der Waals surface area contributed by atoms with Crippen LogP contribution >= 0.6 is 24.4 Å². The predicted molar refractivity (Wildman–Crippen MR) is 108 cm³/mol. The average molecular weight is 361 g/mol. The van der Waals surface area contributed by atoms with Gasteiger partial charge in [-0.15, -0.1) is 0 Å². The molecule has 0 amide bonds. The van der Waals surface area contributed by atoms with Gasteiger partial charge in [0.15, 0.2) is 10.2 Å². The Morgan fingerprint density at radius 2 is 1.54 bits per heavy atom. The largest absolute Gasteiger partial charge is 0.497 e. The molecule has 0 spiro atoms. The van der Waals surface area contributed by atoms with Crippen LogP contribution in [0.25, 0.3) is 0 Å². The third kappa shape index (κ3) is 5.68. The minimum Gasteiger partial charge on any atom is -0.497 e. The molecule has 2 rings (SSSR count). The Labute approximate surface area is 152 Å². The first kappa shape index (κ1) is 18.0. The van der Waals surface area contributed by atoms with Crippen molar-refractivity contribution in [3.05, 3.63) is 54.1 Å². The Morgan fingerprint density at radius 1 is 0.917 bits per heavy atom. The third-order valence-electron chi connectivity index (χ3n) is 3.23. The lowest BCUT2D eigenvalue weighted by atomic mass is 10.1. The van der Waals surface area contributed by atoms with Gasteiger partial charge in [-0.05, 0) is 72.8 Å². The molecule has 126 valence electrons. The number of methoxy groups -OCH3 is 1. The first-order chi connectivity index (χ1) is 11.6. The summed E-state index contributed by atoms with van der Waals surface area (Å²) in [5.41, 5.74) is 8.72. The van der Waals surface area contributed by atoms with E-state index in [-0.39, 0.29) is 0 Å². The molecule has 2 aromatic carbocycles. The molecule has 0 aliphatic carbocycles. The van der Waals surface area contributed by atoms with Crippen molar-refractivity contribution in [1.29, 1.82) is 0 Å². The van der Waals surface area contributed by atoms with E-state index < -0.39 is 0 Å². The van der Waals surface area contributed by atoms with Gasteiger partial charge in [0.2, 0.25) is 0 Å². The number of rotatable bonds is 4. The number of nitrogens with one attached hydrogen (secondary N) is 4. The minimum atomic E-state index is 0.409. The molecular formula is C17H20N4OS2. The summed E-state index contributed by atoms with van der Waals surface area (Å²) < 4.78 is 5.11. The van der Waals surface area contributed by atoms with Crippen molar-refractivity contribution in [1.82, 2.24) is 10.9 Å². The molecule has 0 radical (unpaired) electrons. The highest BCUT2D eigenvalue weighted by molar-refractivity contribution is 7.81. The van der Waals surface area contributed by atoms with E-state index in [1.807, 2.05) is 36.4 Å². The summed E-state index contributed by atoms with van der Waals surface area (Å²) in [5, 5.41) is 6.99. The van der Waals surface area contributed by atoms with Gasteiger partial charge in [0.1, 0.15) is 5.75 Å². The van der Waals surface area contributed by atoms with Crippen molar-refractivity contribution >= 4 is 46.0 Å². The van der Waals surface area contributed by atoms with Crippen LogP contribution in [0, 0.1) is 0 Å². The molecule has 0 fully saturated rings. The van der Waals surface area contributed by atoms with Crippen LogP contribution in [0.3, 0.4) is 0 Å². The number of thiocarbonyl (C=S) groups is 2. The molecule has 0 aliphatic rings. The second-order valence-electron chi connectivity index (χ2n) is 4.94. The van der Waals surface area contributed by atoms with Crippen LogP contribution in [0.1, 0.15) is 12.5 Å². The number of aryl methyl sites for hydroxylation is 1. The molecule has 0 saturated heterocycles. The van der Waals surface area contributed by atoms with Gasteiger partial charge < -0.3 is 15.4 Å². The molecule has 2 aromatic rings. The van der Waals surface area contributed by atoms with Crippen molar-refractivity contribution in [3.63, 3.8) is 0 Å². The van der Waals surface area contributed by atoms with Crippen molar-refractivity contribution in [2.75, 3.05) is 17.7 Å². The highest BCUT2D eigenvalue weighted by Gasteiger charge is 2.01. The maximum atomic E-state index is 5.24. The lowest BCUT2D eigenvalue weighted by molar-refractivity contribution is 0.415. The molecule has 0 unspecified atom stereocenters. The number of hydrogen-bond donors (Lipinski definition) is 4. The van der Waals surface area contributed by atoms with E-state index in [0.717, 1.165) is 23.5 Å². The zero-order valence-electron chi connectivity index (χ0n) is 13.6. The molecule has 0 heterocycles. The molecule has 5 nitrogen and oxygen atoms in total. The van der Waals surface area contributed by atoms with Crippen molar-refractivity contribution < 1.29 is 4.74 Å². The van der Waals surface area contributed by atoms with E-state index in [1.54, 1.807) is 7.11 Å². The van der Waals surface area contributed by atoms with Gasteiger partial charge in [0.25, 0.3) is 0 Å². The zero-order valence-corrected chi connectivity index (χ0v) is 15.2. The Bertz CT molecular complexity index is 704. The van der Waals surface area contributed by atoms with E-state index in [1.165, 1.54) is 5.56 Å². The number of hydrazine groups is 1. The van der Waals surface area contributed by atoms with Crippen LogP contribution in [-0.4, -0.2) is 17.3 Å².